The molecule has 0 heteroatoms. The van der Waals surface area contributed by atoms with E-state index in [1.54, 1.807) is 0 Å². The van der Waals surface area contributed by atoms with Crippen LogP contribution >= 0.6 is 0 Å². The lowest BCUT2D eigenvalue weighted by atomic mass is 9.66. The predicted octanol–water partition coefficient (Wildman–Crippen LogP) is 6.14. The van der Waals surface area contributed by atoms with Gasteiger partial charge >= 0.3 is 0 Å². The highest BCUT2D eigenvalue weighted by Gasteiger charge is 2.46. The molecule has 0 unspecified atom stereocenters. The zero-order valence-electron chi connectivity index (χ0n) is 14.2. The number of benzene rings is 3. The summed E-state index contributed by atoms with van der Waals surface area (Å²) in [5.74, 6) is 0. The van der Waals surface area contributed by atoms with Gasteiger partial charge in [-0.05, 0) is 46.2 Å². The third-order valence-electron chi connectivity index (χ3n) is 5.64. The molecule has 2 aliphatic carbocycles. The third-order valence-corrected chi connectivity index (χ3v) is 5.64. The topological polar surface area (TPSA) is 0 Å². The molecule has 0 atom stereocenters. The molecule has 0 saturated heterocycles. The summed E-state index contributed by atoms with van der Waals surface area (Å²) >= 11 is 0. The molecule has 0 aliphatic heterocycles. The van der Waals surface area contributed by atoms with E-state index in [2.05, 4.69) is 97.1 Å². The average molecular weight is 320 g/mol. The van der Waals surface area contributed by atoms with Gasteiger partial charge in [-0.3, -0.25) is 0 Å². The highest BCUT2D eigenvalue weighted by Crippen LogP contribution is 2.56. The third kappa shape index (κ3) is 1.94. The fourth-order valence-electron chi connectivity index (χ4n) is 4.68. The zero-order chi connectivity index (χ0) is 16.7. The van der Waals surface area contributed by atoms with Crippen molar-refractivity contribution in [3.63, 3.8) is 0 Å². The second kappa shape index (κ2) is 5.60. The summed E-state index contributed by atoms with van der Waals surface area (Å²) < 4.78 is 0. The predicted molar refractivity (Wildman–Crippen MR) is 105 cm³/mol. The minimum absolute atomic E-state index is 0.203. The minimum atomic E-state index is -0.203. The highest BCUT2D eigenvalue weighted by atomic mass is 14.5. The van der Waals surface area contributed by atoms with Gasteiger partial charge in [-0.25, -0.2) is 0 Å². The molecule has 3 aromatic rings. The second-order valence-electron chi connectivity index (χ2n) is 6.86. The van der Waals surface area contributed by atoms with Crippen molar-refractivity contribution in [2.45, 2.75) is 18.3 Å². The Kier molecular flexibility index (Phi) is 3.24. The van der Waals surface area contributed by atoms with Crippen LogP contribution in [0.15, 0.2) is 103 Å². The number of hydrogen-bond donors (Lipinski definition) is 0. The van der Waals surface area contributed by atoms with Gasteiger partial charge in [0.05, 0.1) is 5.41 Å². The lowest BCUT2D eigenvalue weighted by Crippen LogP contribution is -2.29. The molecule has 120 valence electrons. The largest absolute Gasteiger partial charge is 0.0839 e. The van der Waals surface area contributed by atoms with Crippen LogP contribution in [0.4, 0.5) is 0 Å². The molecule has 0 bridgehead atoms. The molecule has 5 rings (SSSR count). The molecule has 0 amide bonds. The maximum Gasteiger partial charge on any atom is 0.0710 e. The first kappa shape index (κ1) is 14.5. The summed E-state index contributed by atoms with van der Waals surface area (Å²) in [4.78, 5) is 0. The molecule has 0 aromatic heterocycles. The monoisotopic (exact) mass is 320 g/mol. The molecule has 0 heterocycles. The molecule has 0 saturated carbocycles. The van der Waals surface area contributed by atoms with E-state index in [0.29, 0.717) is 0 Å². The number of fused-ring (bicyclic) bond motifs is 2. The summed E-state index contributed by atoms with van der Waals surface area (Å²) in [7, 11) is 0. The first-order valence-electron chi connectivity index (χ1n) is 9.03. The number of allylic oxidation sites excluding steroid dienone is 4. The van der Waals surface area contributed by atoms with Crippen LogP contribution in [0.5, 0.6) is 0 Å². The van der Waals surface area contributed by atoms with Gasteiger partial charge in [0.15, 0.2) is 0 Å². The van der Waals surface area contributed by atoms with E-state index in [9.17, 15) is 0 Å². The van der Waals surface area contributed by atoms with Crippen molar-refractivity contribution in [1.82, 2.24) is 0 Å². The van der Waals surface area contributed by atoms with E-state index in [1.807, 2.05) is 0 Å². The normalized spacial score (nSPS) is 17.3. The van der Waals surface area contributed by atoms with Crippen molar-refractivity contribution in [3.05, 3.63) is 125 Å². The SMILES string of the molecule is C1=CC2=C(CC1)c1ccccc1C2(c1ccccc1)c1ccccc1. The van der Waals surface area contributed by atoms with Gasteiger partial charge in [0.2, 0.25) is 0 Å². The van der Waals surface area contributed by atoms with E-state index in [0.717, 1.165) is 12.8 Å². The Morgan fingerprint density at radius 1 is 0.640 bits per heavy atom. The van der Waals surface area contributed by atoms with Crippen LogP contribution in [0.2, 0.25) is 0 Å². The van der Waals surface area contributed by atoms with Crippen LogP contribution in [0.3, 0.4) is 0 Å². The highest BCUT2D eigenvalue weighted by molar-refractivity contribution is 5.88. The first-order chi connectivity index (χ1) is 12.4. The van der Waals surface area contributed by atoms with Crippen LogP contribution in [0, 0.1) is 0 Å². The van der Waals surface area contributed by atoms with Gasteiger partial charge < -0.3 is 0 Å². The minimum Gasteiger partial charge on any atom is -0.0839 e. The lowest BCUT2D eigenvalue weighted by molar-refractivity contribution is 0.756. The number of hydrogen-bond acceptors (Lipinski definition) is 0. The Bertz CT molecular complexity index is 935. The van der Waals surface area contributed by atoms with Gasteiger partial charge in [0.1, 0.15) is 0 Å². The van der Waals surface area contributed by atoms with Gasteiger partial charge in [0, 0.05) is 0 Å². The summed E-state index contributed by atoms with van der Waals surface area (Å²) in [5, 5.41) is 0. The van der Waals surface area contributed by atoms with Gasteiger partial charge in [-0.1, -0.05) is 97.1 Å². The second-order valence-corrected chi connectivity index (χ2v) is 6.86. The quantitative estimate of drug-likeness (QED) is 0.532. The van der Waals surface area contributed by atoms with Crippen LogP contribution in [0.25, 0.3) is 5.57 Å². The molecule has 0 nitrogen and oxygen atoms in total. The van der Waals surface area contributed by atoms with E-state index >= 15 is 0 Å². The summed E-state index contributed by atoms with van der Waals surface area (Å²) in [6, 6.07) is 31.0. The molecule has 25 heavy (non-hydrogen) atoms. The Balaban J connectivity index is 1.94. The molecule has 0 spiro atoms. The lowest BCUT2D eigenvalue weighted by Gasteiger charge is -2.35. The Morgan fingerprint density at radius 3 is 1.92 bits per heavy atom. The van der Waals surface area contributed by atoms with E-state index in [1.165, 1.54) is 33.4 Å². The van der Waals surface area contributed by atoms with Crippen molar-refractivity contribution in [2.75, 3.05) is 0 Å². The molecule has 3 aromatic carbocycles. The first-order valence-corrected chi connectivity index (χ1v) is 9.03. The molecule has 2 aliphatic rings. The van der Waals surface area contributed by atoms with Gasteiger partial charge in [-0.15, -0.1) is 0 Å². The maximum absolute atomic E-state index is 2.37. The van der Waals surface area contributed by atoms with Crippen molar-refractivity contribution in [1.29, 1.82) is 0 Å². The Morgan fingerprint density at radius 2 is 1.24 bits per heavy atom. The average Bonchev–Trinajstić information content (AvgIpc) is 3.01. The summed E-state index contributed by atoms with van der Waals surface area (Å²) in [6.45, 7) is 0. The van der Waals surface area contributed by atoms with Crippen LogP contribution in [0.1, 0.15) is 35.1 Å². The maximum atomic E-state index is 2.37. The Labute approximate surface area is 149 Å². The number of rotatable bonds is 2. The van der Waals surface area contributed by atoms with Crippen LogP contribution in [-0.2, 0) is 5.41 Å². The van der Waals surface area contributed by atoms with Crippen molar-refractivity contribution in [3.8, 4) is 0 Å². The fourth-order valence-corrected chi connectivity index (χ4v) is 4.68. The van der Waals surface area contributed by atoms with Gasteiger partial charge in [-0.2, -0.15) is 0 Å². The van der Waals surface area contributed by atoms with Gasteiger partial charge in [0.25, 0.3) is 0 Å². The molecular formula is C25H20. The fraction of sp³-hybridized carbons (Fsp3) is 0.120. The molecule has 0 fully saturated rings. The standard InChI is InChI=1S/C25H20/c1-3-11-19(12-4-1)25(20-13-5-2-6-14-20)23-17-9-7-15-21(23)22-16-8-10-18-24(22)25/h1-7,9-15,17-18H,8,16H2. The van der Waals surface area contributed by atoms with Crippen molar-refractivity contribution in [2.24, 2.45) is 0 Å². The molecular weight excluding hydrogens is 300 g/mol. The van der Waals surface area contributed by atoms with Crippen molar-refractivity contribution >= 4 is 5.57 Å². The smallest absolute Gasteiger partial charge is 0.0710 e. The van der Waals surface area contributed by atoms with Crippen LogP contribution in [-0.4, -0.2) is 0 Å². The summed E-state index contributed by atoms with van der Waals surface area (Å²) in [5.41, 5.74) is 8.32. The summed E-state index contributed by atoms with van der Waals surface area (Å²) in [6.07, 6.45) is 6.97. The van der Waals surface area contributed by atoms with E-state index in [-0.39, 0.29) is 5.41 Å². The van der Waals surface area contributed by atoms with Crippen molar-refractivity contribution < 1.29 is 0 Å². The Hall–Kier alpha value is -2.86. The van der Waals surface area contributed by atoms with Crippen LogP contribution < -0.4 is 0 Å². The molecule has 0 radical (unpaired) electrons. The van der Waals surface area contributed by atoms with E-state index in [4.69, 9.17) is 0 Å². The zero-order valence-corrected chi connectivity index (χ0v) is 14.2. The molecule has 0 N–H and O–H groups in total. The van der Waals surface area contributed by atoms with E-state index < -0.39 is 0 Å².